The molecule has 348 valence electrons. The van der Waals surface area contributed by atoms with Crippen LogP contribution in [0.5, 0.6) is 0 Å². The molecule has 2 N–H and O–H groups in total. The Morgan fingerprint density at radius 3 is 2.39 bits per heavy atom. The van der Waals surface area contributed by atoms with Gasteiger partial charge in [0.15, 0.2) is 5.76 Å². The molecule has 2 atom stereocenters. The molecule has 0 bridgehead atoms. The van der Waals surface area contributed by atoms with Crippen LogP contribution >= 0.6 is 0 Å². The fourth-order valence-electron chi connectivity index (χ4n) is 11.6. The first kappa shape index (κ1) is 44.1. The van der Waals surface area contributed by atoms with Crippen molar-refractivity contribution in [3.05, 3.63) is 258 Å². The number of benzene rings is 5. The molecule has 71 heavy (non-hydrogen) atoms. The van der Waals surface area contributed by atoms with Crippen LogP contribution in [-0.2, 0) is 6.42 Å². The van der Waals surface area contributed by atoms with Crippen molar-refractivity contribution >= 4 is 55.6 Å². The van der Waals surface area contributed by atoms with Crippen LogP contribution in [0.4, 0.5) is 0 Å². The highest BCUT2D eigenvalue weighted by atomic mass is 16.3. The molecule has 7 aromatic rings. The summed E-state index contributed by atoms with van der Waals surface area (Å²) in [6.45, 7) is 7.35. The molecule has 2 aromatic heterocycles. The molecular weight excluding hydrogens is 865 g/mol. The largest absolute Gasteiger partial charge is 0.454 e. The molecule has 5 aromatic carbocycles. The molecule has 1 aliphatic heterocycles. The Hall–Kier alpha value is -8.15. The minimum absolute atomic E-state index is 0.240. The van der Waals surface area contributed by atoms with Crippen molar-refractivity contribution in [2.75, 3.05) is 6.54 Å². The highest BCUT2D eigenvalue weighted by molar-refractivity contribution is 6.12. The molecule has 3 heterocycles. The van der Waals surface area contributed by atoms with Crippen LogP contribution in [0, 0.1) is 11.3 Å². The van der Waals surface area contributed by atoms with Crippen LogP contribution in [0.3, 0.4) is 0 Å². The number of guanidine groups is 1. The van der Waals surface area contributed by atoms with Crippen LogP contribution < -0.4 is 5.73 Å². The van der Waals surface area contributed by atoms with Gasteiger partial charge in [0.25, 0.3) is 0 Å². The van der Waals surface area contributed by atoms with E-state index < -0.39 is 0 Å². The maximum absolute atomic E-state index is 7.35. The van der Waals surface area contributed by atoms with Crippen molar-refractivity contribution in [3.8, 4) is 11.1 Å². The molecule has 1 saturated heterocycles. The summed E-state index contributed by atoms with van der Waals surface area (Å²) in [4.78, 5) is 7.65. The normalized spacial score (nSPS) is 20.9. The SMILES string of the molecule is C=C(/C=C(\N=C(N)N1CC2(CC=CC=C2c2ccc3c(c2)c2ccccc2n3C2=CCCc3c2oc2ccccc32)C/C1=C\C=C/C)C1=CCC(C2=CCCC=C2)C=C1)c1ccc(-c2ccccc2)cc1. The highest BCUT2D eigenvalue weighted by Gasteiger charge is 2.45. The zero-order chi connectivity index (χ0) is 47.9. The monoisotopic (exact) mass is 922 g/mol. The quantitative estimate of drug-likeness (QED) is 0.0891. The lowest BCUT2D eigenvalue weighted by molar-refractivity contribution is 0.405. The van der Waals surface area contributed by atoms with E-state index in [1.807, 2.05) is 0 Å². The first-order valence-electron chi connectivity index (χ1n) is 25.3. The summed E-state index contributed by atoms with van der Waals surface area (Å²) >= 11 is 0. The second-order valence-corrected chi connectivity index (χ2v) is 19.6. The topological polar surface area (TPSA) is 59.7 Å². The lowest BCUT2D eigenvalue weighted by atomic mass is 9.71. The Kier molecular flexibility index (Phi) is 11.6. The summed E-state index contributed by atoms with van der Waals surface area (Å²) < 4.78 is 9.08. The number of likely N-dealkylation sites (tertiary alicyclic amines) is 1. The number of furan rings is 1. The van der Waals surface area contributed by atoms with Crippen molar-refractivity contribution in [3.63, 3.8) is 0 Å². The highest BCUT2D eigenvalue weighted by Crippen LogP contribution is 2.52. The summed E-state index contributed by atoms with van der Waals surface area (Å²) in [6.07, 6.45) is 38.4. The average Bonchev–Trinajstić information content (AvgIpc) is 4.10. The van der Waals surface area contributed by atoms with Crippen LogP contribution in [-0.4, -0.2) is 22.0 Å². The molecular formula is C66H58N4O. The van der Waals surface area contributed by atoms with Gasteiger partial charge in [0.2, 0.25) is 5.96 Å². The van der Waals surface area contributed by atoms with E-state index in [1.165, 1.54) is 60.6 Å². The predicted octanol–water partition coefficient (Wildman–Crippen LogP) is 16.2. The molecule has 1 spiro atoms. The summed E-state index contributed by atoms with van der Waals surface area (Å²) in [5, 5.41) is 3.66. The van der Waals surface area contributed by atoms with Crippen molar-refractivity contribution in [1.82, 2.24) is 9.47 Å². The predicted molar refractivity (Wildman–Crippen MR) is 298 cm³/mol. The fraction of sp³-hybridized carbons (Fsp3) is 0.167. The van der Waals surface area contributed by atoms with Crippen LogP contribution in [0.1, 0.15) is 67.9 Å². The van der Waals surface area contributed by atoms with Gasteiger partial charge in [0.1, 0.15) is 5.58 Å². The number of nitrogens with zero attached hydrogens (tertiary/aromatic N) is 3. The van der Waals surface area contributed by atoms with Gasteiger partial charge in [-0.15, -0.1) is 0 Å². The lowest BCUT2D eigenvalue weighted by Crippen LogP contribution is -2.37. The Bertz CT molecular complexity index is 3620. The third-order valence-corrected chi connectivity index (χ3v) is 15.2. The molecule has 5 nitrogen and oxygen atoms in total. The second kappa shape index (κ2) is 18.6. The number of aromatic nitrogens is 1. The van der Waals surface area contributed by atoms with Crippen molar-refractivity contribution in [1.29, 1.82) is 0 Å². The second-order valence-electron chi connectivity index (χ2n) is 19.6. The molecule has 2 unspecified atom stereocenters. The maximum atomic E-state index is 7.35. The first-order chi connectivity index (χ1) is 34.9. The molecule has 5 aliphatic rings. The minimum atomic E-state index is -0.240. The number of hydrogen-bond acceptors (Lipinski definition) is 2. The summed E-state index contributed by atoms with van der Waals surface area (Å²) in [5.41, 5.74) is 24.0. The zero-order valence-electron chi connectivity index (χ0n) is 40.4. The van der Waals surface area contributed by atoms with Gasteiger partial charge in [-0.05, 0) is 133 Å². The smallest absolute Gasteiger partial charge is 0.200 e. The van der Waals surface area contributed by atoms with E-state index in [2.05, 4.69) is 229 Å². The molecule has 12 rings (SSSR count). The molecule has 5 heteroatoms. The van der Waals surface area contributed by atoms with Crippen LogP contribution in [0.15, 0.2) is 245 Å². The number of aryl methyl sites for hydroxylation is 1. The van der Waals surface area contributed by atoms with E-state index in [0.717, 1.165) is 90.1 Å². The van der Waals surface area contributed by atoms with Crippen LogP contribution in [0.25, 0.3) is 60.7 Å². The Balaban J connectivity index is 0.901. The van der Waals surface area contributed by atoms with Gasteiger partial charge in [-0.25, -0.2) is 4.99 Å². The summed E-state index contributed by atoms with van der Waals surface area (Å²) in [7, 11) is 0. The third kappa shape index (κ3) is 8.15. The standard InChI is InChI=1S/C66H58N4O/c1-3-4-22-53-43-66(40-16-15-26-58(66)52-38-39-61-57(42-52)54-23-11-13-27-60(54)70(61)62-28-17-25-56-55-24-12-14-29-63(55)71-64(56)62)44-69(53)65(67)68-59(51-36-34-50(35-37-51)48-20-9-6-10-21-48)41-45(2)46-30-32-49(33-31-46)47-18-7-5-8-19-47/h3-5,7-9,11-16,18-24,26-34,36-39,41-42,50H,2,6,10,17,25,35,40,43-44H2,1H3,(H2,67,68)/b4-3-,53-22+,59-41-. The number of hydrogen-bond donors (Lipinski definition) is 1. The van der Waals surface area contributed by atoms with E-state index >= 15 is 0 Å². The molecule has 1 fully saturated rings. The van der Waals surface area contributed by atoms with E-state index in [1.54, 1.807) is 0 Å². The van der Waals surface area contributed by atoms with Crippen molar-refractivity contribution < 1.29 is 4.42 Å². The van der Waals surface area contributed by atoms with E-state index in [-0.39, 0.29) is 5.41 Å². The Morgan fingerprint density at radius 2 is 1.58 bits per heavy atom. The Morgan fingerprint density at radius 1 is 0.789 bits per heavy atom. The van der Waals surface area contributed by atoms with Crippen LogP contribution in [0.2, 0.25) is 0 Å². The van der Waals surface area contributed by atoms with Crippen molar-refractivity contribution in [2.45, 2.75) is 51.9 Å². The maximum Gasteiger partial charge on any atom is 0.200 e. The van der Waals surface area contributed by atoms with E-state index in [4.69, 9.17) is 15.1 Å². The number of rotatable bonds is 9. The van der Waals surface area contributed by atoms with E-state index in [9.17, 15) is 0 Å². The van der Waals surface area contributed by atoms with Gasteiger partial charge in [-0.1, -0.05) is 177 Å². The zero-order valence-corrected chi connectivity index (χ0v) is 40.4. The van der Waals surface area contributed by atoms with Gasteiger partial charge in [-0.2, -0.15) is 0 Å². The molecule has 4 aliphatic carbocycles. The van der Waals surface area contributed by atoms with Gasteiger partial charge < -0.3 is 19.6 Å². The van der Waals surface area contributed by atoms with Gasteiger partial charge in [0.05, 0.1) is 22.4 Å². The molecule has 0 saturated carbocycles. The van der Waals surface area contributed by atoms with Crippen molar-refractivity contribution in [2.24, 2.45) is 22.1 Å². The van der Waals surface area contributed by atoms with Gasteiger partial charge >= 0.3 is 0 Å². The number of fused-ring (bicyclic) bond motifs is 6. The Labute approximate surface area is 417 Å². The van der Waals surface area contributed by atoms with Gasteiger partial charge in [-0.3, -0.25) is 0 Å². The van der Waals surface area contributed by atoms with Gasteiger partial charge in [0, 0.05) is 45.3 Å². The minimum Gasteiger partial charge on any atom is -0.454 e. The lowest BCUT2D eigenvalue weighted by Gasteiger charge is -2.33. The molecule has 0 radical (unpaired) electrons. The fourth-order valence-corrected chi connectivity index (χ4v) is 11.6. The van der Waals surface area contributed by atoms with E-state index in [0.29, 0.717) is 18.4 Å². The molecule has 0 amide bonds. The number of nitrogens with two attached hydrogens (primary N) is 1. The summed E-state index contributed by atoms with van der Waals surface area (Å²) in [5.74, 6) is 1.79. The number of para-hydroxylation sites is 2. The first-order valence-corrected chi connectivity index (χ1v) is 25.3. The summed E-state index contributed by atoms with van der Waals surface area (Å²) in [6, 6.07) is 43.5. The number of aliphatic imine (C=N–C) groups is 1. The third-order valence-electron chi connectivity index (χ3n) is 15.2. The average molecular weight is 923 g/mol. The number of allylic oxidation sites excluding steroid dienone is 17.